The van der Waals surface area contributed by atoms with Crippen LogP contribution in [-0.4, -0.2) is 23.4 Å². The summed E-state index contributed by atoms with van der Waals surface area (Å²) in [6.45, 7) is 6.94. The van der Waals surface area contributed by atoms with E-state index in [1.165, 1.54) is 12.8 Å². The molecule has 2 nitrogen and oxygen atoms in total. The van der Waals surface area contributed by atoms with Crippen LogP contribution in [0.3, 0.4) is 0 Å². The van der Waals surface area contributed by atoms with Gasteiger partial charge in [-0.15, -0.1) is 6.58 Å². The maximum atomic E-state index is 12.9. The van der Waals surface area contributed by atoms with Gasteiger partial charge in [-0.05, 0) is 43.7 Å². The summed E-state index contributed by atoms with van der Waals surface area (Å²) < 4.78 is 0. The van der Waals surface area contributed by atoms with E-state index in [2.05, 4.69) is 18.4 Å². The number of benzene rings is 1. The number of nitrogens with zero attached hydrogens (tertiary/aromatic N) is 1. The van der Waals surface area contributed by atoms with Crippen molar-refractivity contribution in [2.45, 2.75) is 51.5 Å². The third-order valence-corrected chi connectivity index (χ3v) is 4.52. The van der Waals surface area contributed by atoms with Crippen LogP contribution in [0.4, 0.5) is 0 Å². The molecule has 0 N–H and O–H groups in total. The molecule has 0 heterocycles. The summed E-state index contributed by atoms with van der Waals surface area (Å²) in [7, 11) is 0. The summed E-state index contributed by atoms with van der Waals surface area (Å²) in [5.74, 6) is 0.789. The predicted octanol–water partition coefficient (Wildman–Crippen LogP) is 4.67. The molecule has 1 aromatic rings. The van der Waals surface area contributed by atoms with Gasteiger partial charge in [-0.3, -0.25) is 4.79 Å². The fourth-order valence-electron chi connectivity index (χ4n) is 3.41. The molecule has 2 rings (SSSR count). The zero-order valence-electron chi connectivity index (χ0n) is 13.1. The van der Waals surface area contributed by atoms with Crippen LogP contribution in [0.5, 0.6) is 0 Å². The first kappa shape index (κ1) is 15.8. The minimum absolute atomic E-state index is 0.199. The molecule has 0 unspecified atom stereocenters. The number of carbonyl (C=O) groups is 1. The number of carbonyl (C=O) groups excluding carboxylic acids is 1. The van der Waals surface area contributed by atoms with Gasteiger partial charge >= 0.3 is 0 Å². The van der Waals surface area contributed by atoms with Crippen molar-refractivity contribution in [2.75, 3.05) is 6.54 Å². The van der Waals surface area contributed by atoms with E-state index in [-0.39, 0.29) is 5.91 Å². The average Bonchev–Trinajstić information content (AvgIpc) is 2.97. The lowest BCUT2D eigenvalue weighted by Gasteiger charge is -2.33. The van der Waals surface area contributed by atoms with Gasteiger partial charge in [0.25, 0.3) is 5.91 Å². The number of allylic oxidation sites excluding steroid dienone is 1. The smallest absolute Gasteiger partial charge is 0.254 e. The molecule has 1 amide bonds. The van der Waals surface area contributed by atoms with Crippen LogP contribution in [0, 0.1) is 5.92 Å². The van der Waals surface area contributed by atoms with Crippen molar-refractivity contribution in [2.24, 2.45) is 5.92 Å². The number of unbranched alkanes of at least 4 members (excludes halogenated alkanes) is 1. The third-order valence-electron chi connectivity index (χ3n) is 4.52. The van der Waals surface area contributed by atoms with Crippen LogP contribution < -0.4 is 0 Å². The Morgan fingerprint density at radius 1 is 1.33 bits per heavy atom. The SMILES string of the molecule is C=CC[C@H]1CCC[C@@H]1N(CCCC)C(=O)c1ccccc1. The highest BCUT2D eigenvalue weighted by molar-refractivity contribution is 5.94. The first-order chi connectivity index (χ1) is 10.3. The molecule has 0 aliphatic heterocycles. The molecular formula is C19H27NO. The molecule has 0 saturated heterocycles. The van der Waals surface area contributed by atoms with Gasteiger partial charge in [0.05, 0.1) is 0 Å². The van der Waals surface area contributed by atoms with Gasteiger partial charge in [0.15, 0.2) is 0 Å². The molecule has 1 aliphatic rings. The van der Waals surface area contributed by atoms with Crippen molar-refractivity contribution in [1.29, 1.82) is 0 Å². The first-order valence-electron chi connectivity index (χ1n) is 8.24. The van der Waals surface area contributed by atoms with E-state index in [9.17, 15) is 4.79 Å². The minimum Gasteiger partial charge on any atom is -0.335 e. The highest BCUT2D eigenvalue weighted by atomic mass is 16.2. The molecule has 2 heteroatoms. The van der Waals surface area contributed by atoms with E-state index in [0.29, 0.717) is 12.0 Å². The lowest BCUT2D eigenvalue weighted by molar-refractivity contribution is 0.0632. The van der Waals surface area contributed by atoms with Crippen molar-refractivity contribution in [3.63, 3.8) is 0 Å². The largest absolute Gasteiger partial charge is 0.335 e. The van der Waals surface area contributed by atoms with Gasteiger partial charge in [0.2, 0.25) is 0 Å². The third kappa shape index (κ3) is 3.96. The molecule has 0 spiro atoms. The molecule has 1 aromatic carbocycles. The summed E-state index contributed by atoms with van der Waals surface area (Å²) in [5.41, 5.74) is 0.817. The lowest BCUT2D eigenvalue weighted by Crippen LogP contribution is -2.43. The fourth-order valence-corrected chi connectivity index (χ4v) is 3.41. The Bertz CT molecular complexity index is 454. The van der Waals surface area contributed by atoms with Crippen LogP contribution in [-0.2, 0) is 0 Å². The zero-order valence-corrected chi connectivity index (χ0v) is 13.1. The second-order valence-electron chi connectivity index (χ2n) is 6.00. The number of rotatable bonds is 7. The van der Waals surface area contributed by atoms with E-state index >= 15 is 0 Å². The standard InChI is InChI=1S/C19H27NO/c1-3-5-15-20(18-14-9-13-16(18)10-4-2)19(21)17-11-7-6-8-12-17/h4,6-8,11-12,16,18H,2-3,5,9-10,13-15H2,1H3/t16-,18-/m0/s1. The van der Waals surface area contributed by atoms with Crippen molar-refractivity contribution < 1.29 is 4.79 Å². The first-order valence-corrected chi connectivity index (χ1v) is 8.24. The Kier molecular flexibility index (Phi) is 6.04. The highest BCUT2D eigenvalue weighted by Crippen LogP contribution is 2.33. The highest BCUT2D eigenvalue weighted by Gasteiger charge is 2.33. The Hall–Kier alpha value is -1.57. The maximum Gasteiger partial charge on any atom is 0.254 e. The van der Waals surface area contributed by atoms with Crippen molar-refractivity contribution in [1.82, 2.24) is 4.90 Å². The Labute approximate surface area is 128 Å². The van der Waals surface area contributed by atoms with Gasteiger partial charge < -0.3 is 4.90 Å². The van der Waals surface area contributed by atoms with Gasteiger partial charge in [-0.2, -0.15) is 0 Å². The number of amides is 1. The van der Waals surface area contributed by atoms with Gasteiger partial charge in [0.1, 0.15) is 0 Å². The quantitative estimate of drug-likeness (QED) is 0.666. The van der Waals surface area contributed by atoms with Crippen LogP contribution in [0.2, 0.25) is 0 Å². The Morgan fingerprint density at radius 3 is 2.76 bits per heavy atom. The summed E-state index contributed by atoms with van der Waals surface area (Å²) >= 11 is 0. The molecular weight excluding hydrogens is 258 g/mol. The summed E-state index contributed by atoms with van der Waals surface area (Å²) in [4.78, 5) is 15.0. The molecule has 2 atom stereocenters. The molecule has 1 saturated carbocycles. The zero-order chi connectivity index (χ0) is 15.1. The summed E-state index contributed by atoms with van der Waals surface area (Å²) in [5, 5.41) is 0. The molecule has 114 valence electrons. The molecule has 0 aromatic heterocycles. The normalized spacial score (nSPS) is 21.2. The summed E-state index contributed by atoms with van der Waals surface area (Å²) in [6.07, 6.45) is 8.83. The topological polar surface area (TPSA) is 20.3 Å². The summed E-state index contributed by atoms with van der Waals surface area (Å²) in [6, 6.07) is 10.1. The number of hydrogen-bond acceptors (Lipinski definition) is 1. The second kappa shape index (κ2) is 8.02. The van der Waals surface area contributed by atoms with Gasteiger partial charge in [0, 0.05) is 18.2 Å². The number of hydrogen-bond donors (Lipinski definition) is 0. The van der Waals surface area contributed by atoms with Crippen molar-refractivity contribution in [3.05, 3.63) is 48.6 Å². The van der Waals surface area contributed by atoms with Crippen molar-refractivity contribution >= 4 is 5.91 Å². The van der Waals surface area contributed by atoms with E-state index < -0.39 is 0 Å². The minimum atomic E-state index is 0.199. The lowest BCUT2D eigenvalue weighted by atomic mass is 9.97. The molecule has 21 heavy (non-hydrogen) atoms. The van der Waals surface area contributed by atoms with E-state index in [4.69, 9.17) is 0 Å². The fraction of sp³-hybridized carbons (Fsp3) is 0.526. The predicted molar refractivity (Wildman–Crippen MR) is 88.3 cm³/mol. The molecule has 1 fully saturated rings. The Balaban J connectivity index is 2.17. The van der Waals surface area contributed by atoms with Crippen molar-refractivity contribution in [3.8, 4) is 0 Å². The van der Waals surface area contributed by atoms with Gasteiger partial charge in [-0.1, -0.05) is 44.0 Å². The second-order valence-corrected chi connectivity index (χ2v) is 6.00. The van der Waals surface area contributed by atoms with Crippen LogP contribution in [0.1, 0.15) is 55.8 Å². The molecule has 0 radical (unpaired) electrons. The van der Waals surface area contributed by atoms with Gasteiger partial charge in [-0.25, -0.2) is 0 Å². The Morgan fingerprint density at radius 2 is 2.10 bits per heavy atom. The van der Waals surface area contributed by atoms with Crippen LogP contribution in [0.15, 0.2) is 43.0 Å². The van der Waals surface area contributed by atoms with E-state index in [0.717, 1.165) is 37.8 Å². The van der Waals surface area contributed by atoms with Crippen LogP contribution >= 0.6 is 0 Å². The van der Waals surface area contributed by atoms with Crippen LogP contribution in [0.25, 0.3) is 0 Å². The maximum absolute atomic E-state index is 12.9. The molecule has 0 bridgehead atoms. The molecule has 1 aliphatic carbocycles. The monoisotopic (exact) mass is 285 g/mol. The average molecular weight is 285 g/mol. The van der Waals surface area contributed by atoms with E-state index in [1.54, 1.807) is 0 Å². The van der Waals surface area contributed by atoms with E-state index in [1.807, 2.05) is 36.4 Å².